The monoisotopic (exact) mass is 229 g/mol. The second-order valence-corrected chi connectivity index (χ2v) is 3.21. The van der Waals surface area contributed by atoms with Gasteiger partial charge in [-0.2, -0.15) is 5.26 Å². The van der Waals surface area contributed by atoms with Crippen LogP contribution in [0, 0.1) is 17.1 Å². The third-order valence-corrected chi connectivity index (χ3v) is 1.97. The summed E-state index contributed by atoms with van der Waals surface area (Å²) in [6.07, 6.45) is -1.02. The Morgan fingerprint density at radius 2 is 2.33 bits per heavy atom. The number of hydrogen-bond donors (Lipinski definition) is 1. The maximum atomic E-state index is 13.3. The van der Waals surface area contributed by atoms with E-state index < -0.39 is 11.9 Å². The van der Waals surface area contributed by atoms with E-state index in [0.717, 1.165) is 6.07 Å². The van der Waals surface area contributed by atoms with Crippen LogP contribution in [0.1, 0.15) is 11.7 Å². The van der Waals surface area contributed by atoms with Gasteiger partial charge < -0.3 is 9.84 Å². The Hall–Kier alpha value is -1.15. The van der Waals surface area contributed by atoms with Gasteiger partial charge in [-0.05, 0) is 12.1 Å². The standard InChI is InChI=1S/C10H9ClFNO2/c11-7-1-2-8(9(12)5-7)10(6-13)15-4-3-14/h1-2,5,10,14H,3-4H2. The number of halogens is 2. The van der Waals surface area contributed by atoms with Crippen LogP contribution in [0.15, 0.2) is 18.2 Å². The van der Waals surface area contributed by atoms with E-state index in [1.54, 1.807) is 6.07 Å². The first kappa shape index (κ1) is 11.9. The summed E-state index contributed by atoms with van der Waals surface area (Å²) in [6.45, 7) is -0.228. The summed E-state index contributed by atoms with van der Waals surface area (Å²) in [7, 11) is 0. The summed E-state index contributed by atoms with van der Waals surface area (Å²) in [6, 6.07) is 5.78. The van der Waals surface area contributed by atoms with Gasteiger partial charge in [0.2, 0.25) is 0 Å². The molecule has 0 aliphatic rings. The molecule has 0 fully saturated rings. The van der Waals surface area contributed by atoms with E-state index in [1.165, 1.54) is 12.1 Å². The molecule has 0 aliphatic heterocycles. The van der Waals surface area contributed by atoms with Crippen LogP contribution in [-0.4, -0.2) is 18.3 Å². The number of aliphatic hydroxyl groups excluding tert-OH is 1. The second-order valence-electron chi connectivity index (χ2n) is 2.77. The van der Waals surface area contributed by atoms with Gasteiger partial charge in [0.15, 0.2) is 6.10 Å². The van der Waals surface area contributed by atoms with Crippen LogP contribution in [-0.2, 0) is 4.74 Å². The summed E-state index contributed by atoms with van der Waals surface area (Å²) >= 11 is 5.57. The summed E-state index contributed by atoms with van der Waals surface area (Å²) < 4.78 is 18.3. The molecule has 1 N–H and O–H groups in total. The molecule has 0 bridgehead atoms. The molecule has 1 atom stereocenters. The fraction of sp³-hybridized carbons (Fsp3) is 0.300. The van der Waals surface area contributed by atoms with Gasteiger partial charge in [-0.3, -0.25) is 0 Å². The highest BCUT2D eigenvalue weighted by Gasteiger charge is 2.15. The maximum absolute atomic E-state index is 13.3. The Balaban J connectivity index is 2.88. The minimum atomic E-state index is -1.02. The van der Waals surface area contributed by atoms with Crippen LogP contribution in [0.5, 0.6) is 0 Å². The lowest BCUT2D eigenvalue weighted by Gasteiger charge is -2.10. The molecule has 80 valence electrons. The SMILES string of the molecule is N#CC(OCCO)c1ccc(Cl)cc1F. The summed E-state index contributed by atoms with van der Waals surface area (Å²) in [5, 5.41) is 17.5. The van der Waals surface area contributed by atoms with Gasteiger partial charge in [0.1, 0.15) is 5.82 Å². The predicted octanol–water partition coefficient (Wildman–Crippen LogP) is 2.05. The Bertz CT molecular complexity index is 378. The predicted molar refractivity (Wildman–Crippen MR) is 52.8 cm³/mol. The molecule has 0 amide bonds. The average molecular weight is 230 g/mol. The molecular weight excluding hydrogens is 221 g/mol. The van der Waals surface area contributed by atoms with Crippen molar-refractivity contribution in [2.24, 2.45) is 0 Å². The van der Waals surface area contributed by atoms with E-state index in [1.807, 2.05) is 0 Å². The lowest BCUT2D eigenvalue weighted by atomic mass is 10.1. The summed E-state index contributed by atoms with van der Waals surface area (Å²) in [4.78, 5) is 0. The molecule has 1 aromatic rings. The first-order chi connectivity index (χ1) is 7.19. The van der Waals surface area contributed by atoms with Crippen LogP contribution in [0.2, 0.25) is 5.02 Å². The molecule has 0 saturated carbocycles. The van der Waals surface area contributed by atoms with Crippen molar-refractivity contribution < 1.29 is 14.2 Å². The Morgan fingerprint density at radius 3 is 2.87 bits per heavy atom. The molecule has 0 saturated heterocycles. The van der Waals surface area contributed by atoms with Crippen molar-refractivity contribution in [1.82, 2.24) is 0 Å². The van der Waals surface area contributed by atoms with Crippen LogP contribution in [0.3, 0.4) is 0 Å². The van der Waals surface area contributed by atoms with Crippen molar-refractivity contribution in [3.05, 3.63) is 34.6 Å². The van der Waals surface area contributed by atoms with E-state index in [-0.39, 0.29) is 23.8 Å². The molecule has 0 spiro atoms. The highest BCUT2D eigenvalue weighted by atomic mass is 35.5. The van der Waals surface area contributed by atoms with Crippen LogP contribution < -0.4 is 0 Å². The van der Waals surface area contributed by atoms with Gasteiger partial charge >= 0.3 is 0 Å². The zero-order valence-corrected chi connectivity index (χ0v) is 8.54. The molecule has 0 aromatic heterocycles. The quantitative estimate of drug-likeness (QED) is 0.860. The van der Waals surface area contributed by atoms with Crippen molar-refractivity contribution in [2.75, 3.05) is 13.2 Å². The van der Waals surface area contributed by atoms with Crippen molar-refractivity contribution in [2.45, 2.75) is 6.10 Å². The Kier molecular flexibility index (Phi) is 4.50. The van der Waals surface area contributed by atoms with E-state index in [9.17, 15) is 4.39 Å². The third kappa shape index (κ3) is 3.17. The first-order valence-corrected chi connectivity index (χ1v) is 4.64. The number of nitriles is 1. The Labute approximate surface area is 91.7 Å². The molecule has 5 heteroatoms. The molecular formula is C10H9ClFNO2. The number of benzene rings is 1. The highest BCUT2D eigenvalue weighted by Crippen LogP contribution is 2.22. The summed E-state index contributed by atoms with van der Waals surface area (Å²) in [5.41, 5.74) is 0.121. The molecule has 1 rings (SSSR count). The van der Waals surface area contributed by atoms with E-state index in [4.69, 9.17) is 26.7 Å². The minimum absolute atomic E-state index is 0.0136. The van der Waals surface area contributed by atoms with Crippen molar-refractivity contribution in [1.29, 1.82) is 5.26 Å². The molecule has 0 radical (unpaired) electrons. The van der Waals surface area contributed by atoms with Crippen molar-refractivity contribution in [3.8, 4) is 6.07 Å². The smallest absolute Gasteiger partial charge is 0.171 e. The fourth-order valence-electron chi connectivity index (χ4n) is 1.08. The molecule has 0 heterocycles. The van der Waals surface area contributed by atoms with Gasteiger partial charge in [0.05, 0.1) is 19.3 Å². The number of nitrogens with zero attached hydrogens (tertiary/aromatic N) is 1. The van der Waals surface area contributed by atoms with E-state index in [0.29, 0.717) is 0 Å². The average Bonchev–Trinajstić information content (AvgIpc) is 2.21. The molecule has 15 heavy (non-hydrogen) atoms. The number of aliphatic hydroxyl groups is 1. The van der Waals surface area contributed by atoms with Gasteiger partial charge in [0, 0.05) is 10.6 Å². The molecule has 1 aromatic carbocycles. The van der Waals surface area contributed by atoms with Crippen LogP contribution >= 0.6 is 11.6 Å². The second kappa shape index (κ2) is 5.66. The van der Waals surface area contributed by atoms with E-state index >= 15 is 0 Å². The molecule has 1 unspecified atom stereocenters. The Morgan fingerprint density at radius 1 is 1.60 bits per heavy atom. The maximum Gasteiger partial charge on any atom is 0.171 e. The summed E-state index contributed by atoms with van der Waals surface area (Å²) in [5.74, 6) is -0.591. The zero-order valence-electron chi connectivity index (χ0n) is 7.78. The lowest BCUT2D eigenvalue weighted by Crippen LogP contribution is -2.07. The van der Waals surface area contributed by atoms with Gasteiger partial charge in [-0.15, -0.1) is 0 Å². The molecule has 0 aliphatic carbocycles. The normalized spacial score (nSPS) is 12.1. The molecule has 3 nitrogen and oxygen atoms in total. The van der Waals surface area contributed by atoms with Crippen molar-refractivity contribution >= 4 is 11.6 Å². The van der Waals surface area contributed by atoms with Gasteiger partial charge in [-0.25, -0.2) is 4.39 Å². The van der Waals surface area contributed by atoms with Gasteiger partial charge in [-0.1, -0.05) is 17.7 Å². The number of hydrogen-bond acceptors (Lipinski definition) is 3. The fourth-order valence-corrected chi connectivity index (χ4v) is 1.24. The third-order valence-electron chi connectivity index (χ3n) is 1.74. The van der Waals surface area contributed by atoms with Crippen molar-refractivity contribution in [3.63, 3.8) is 0 Å². The topological polar surface area (TPSA) is 53.2 Å². The van der Waals surface area contributed by atoms with E-state index in [2.05, 4.69) is 0 Å². The van der Waals surface area contributed by atoms with Crippen LogP contribution in [0.4, 0.5) is 4.39 Å². The number of rotatable bonds is 4. The lowest BCUT2D eigenvalue weighted by molar-refractivity contribution is 0.0563. The van der Waals surface area contributed by atoms with Crippen LogP contribution in [0.25, 0.3) is 0 Å². The number of ether oxygens (including phenoxy) is 1. The first-order valence-electron chi connectivity index (χ1n) is 4.26. The highest BCUT2D eigenvalue weighted by molar-refractivity contribution is 6.30. The zero-order chi connectivity index (χ0) is 11.3. The largest absolute Gasteiger partial charge is 0.394 e. The van der Waals surface area contributed by atoms with Gasteiger partial charge in [0.25, 0.3) is 0 Å². The minimum Gasteiger partial charge on any atom is -0.394 e.